The Balaban J connectivity index is 2.35. The number of hydrogen-bond acceptors (Lipinski definition) is 5. The molecule has 2 heterocycles. The van der Waals surface area contributed by atoms with E-state index in [0.29, 0.717) is 13.2 Å². The van der Waals surface area contributed by atoms with Gasteiger partial charge in [-0.1, -0.05) is 0 Å². The van der Waals surface area contributed by atoms with Crippen LogP contribution in [0.25, 0.3) is 10.6 Å². The summed E-state index contributed by atoms with van der Waals surface area (Å²) in [5.41, 5.74) is 7.61. The molecule has 0 saturated heterocycles. The van der Waals surface area contributed by atoms with Crippen LogP contribution in [0.5, 0.6) is 0 Å². The average molecular weight is 238 g/mol. The first-order valence-electron chi connectivity index (χ1n) is 4.91. The lowest BCUT2D eigenvalue weighted by atomic mass is 10.3. The second kappa shape index (κ2) is 4.73. The van der Waals surface area contributed by atoms with Gasteiger partial charge in [0.25, 0.3) is 0 Å². The van der Waals surface area contributed by atoms with Gasteiger partial charge >= 0.3 is 0 Å². The normalized spacial score (nSPS) is 10.9. The van der Waals surface area contributed by atoms with Gasteiger partial charge < -0.3 is 10.5 Å². The molecule has 0 radical (unpaired) electrons. The molecule has 0 aliphatic carbocycles. The van der Waals surface area contributed by atoms with E-state index in [2.05, 4.69) is 10.1 Å². The molecule has 0 aliphatic heterocycles. The predicted molar refractivity (Wildman–Crippen MR) is 62.9 cm³/mol. The van der Waals surface area contributed by atoms with Crippen molar-refractivity contribution in [2.45, 2.75) is 13.2 Å². The number of methoxy groups -OCH3 is 1. The summed E-state index contributed by atoms with van der Waals surface area (Å²) in [6, 6.07) is 0. The Morgan fingerprint density at radius 3 is 2.94 bits per heavy atom. The molecule has 0 amide bonds. The third-order valence-corrected chi connectivity index (χ3v) is 3.37. The second-order valence-corrected chi connectivity index (χ2v) is 4.51. The SMILES string of the molecule is COCc1nc(-c2cnn(C)c2)sc1CN. The maximum Gasteiger partial charge on any atom is 0.127 e. The van der Waals surface area contributed by atoms with Crippen molar-refractivity contribution in [3.8, 4) is 10.6 Å². The van der Waals surface area contributed by atoms with Crippen LogP contribution >= 0.6 is 11.3 Å². The van der Waals surface area contributed by atoms with Crippen molar-refractivity contribution < 1.29 is 4.74 Å². The molecule has 0 unspecified atom stereocenters. The monoisotopic (exact) mass is 238 g/mol. The number of nitrogens with zero attached hydrogens (tertiary/aromatic N) is 3. The highest BCUT2D eigenvalue weighted by Gasteiger charge is 2.12. The number of nitrogens with two attached hydrogens (primary N) is 1. The highest BCUT2D eigenvalue weighted by Crippen LogP contribution is 2.27. The van der Waals surface area contributed by atoms with Gasteiger partial charge in [0.15, 0.2) is 0 Å². The van der Waals surface area contributed by atoms with E-state index in [-0.39, 0.29) is 0 Å². The minimum atomic E-state index is 0.497. The number of thiazole rings is 1. The zero-order valence-corrected chi connectivity index (χ0v) is 10.1. The molecule has 6 heteroatoms. The Kier molecular flexibility index (Phi) is 3.33. The maximum absolute atomic E-state index is 5.67. The fourth-order valence-electron chi connectivity index (χ4n) is 1.45. The number of ether oxygens (including phenoxy) is 1. The van der Waals surface area contributed by atoms with E-state index in [0.717, 1.165) is 21.1 Å². The maximum atomic E-state index is 5.67. The predicted octanol–water partition coefficient (Wildman–Crippen LogP) is 1.15. The average Bonchev–Trinajstić information content (AvgIpc) is 2.85. The first-order chi connectivity index (χ1) is 7.74. The molecular formula is C10H14N4OS. The Bertz CT molecular complexity index is 477. The highest BCUT2D eigenvalue weighted by molar-refractivity contribution is 7.15. The number of aryl methyl sites for hydroxylation is 1. The van der Waals surface area contributed by atoms with Crippen molar-refractivity contribution in [1.82, 2.24) is 14.8 Å². The van der Waals surface area contributed by atoms with Crippen LogP contribution in [0.1, 0.15) is 10.6 Å². The van der Waals surface area contributed by atoms with E-state index >= 15 is 0 Å². The second-order valence-electron chi connectivity index (χ2n) is 3.43. The third kappa shape index (κ3) is 2.13. The Morgan fingerprint density at radius 1 is 1.56 bits per heavy atom. The van der Waals surface area contributed by atoms with Crippen molar-refractivity contribution in [3.63, 3.8) is 0 Å². The topological polar surface area (TPSA) is 66.0 Å². The summed E-state index contributed by atoms with van der Waals surface area (Å²) in [6.07, 6.45) is 3.74. The first kappa shape index (κ1) is 11.3. The molecule has 0 spiro atoms. The van der Waals surface area contributed by atoms with Gasteiger partial charge in [0, 0.05) is 37.3 Å². The van der Waals surface area contributed by atoms with Crippen molar-refractivity contribution in [1.29, 1.82) is 0 Å². The van der Waals surface area contributed by atoms with Crippen LogP contribution in [0, 0.1) is 0 Å². The van der Waals surface area contributed by atoms with Gasteiger partial charge in [0.2, 0.25) is 0 Å². The summed E-state index contributed by atoms with van der Waals surface area (Å²) < 4.78 is 6.85. The van der Waals surface area contributed by atoms with Gasteiger partial charge in [-0.05, 0) is 0 Å². The van der Waals surface area contributed by atoms with Crippen LogP contribution < -0.4 is 5.73 Å². The van der Waals surface area contributed by atoms with Crippen LogP contribution in [0.2, 0.25) is 0 Å². The van der Waals surface area contributed by atoms with Crippen LogP contribution in [0.3, 0.4) is 0 Å². The summed E-state index contributed by atoms with van der Waals surface area (Å²) in [4.78, 5) is 5.58. The van der Waals surface area contributed by atoms with Crippen LogP contribution in [-0.2, 0) is 24.9 Å². The van der Waals surface area contributed by atoms with Crippen molar-refractivity contribution in [2.24, 2.45) is 12.8 Å². The molecule has 0 aliphatic rings. The van der Waals surface area contributed by atoms with Crippen LogP contribution in [-0.4, -0.2) is 21.9 Å². The molecular weight excluding hydrogens is 224 g/mol. The van der Waals surface area contributed by atoms with E-state index in [9.17, 15) is 0 Å². The summed E-state index contributed by atoms with van der Waals surface area (Å²) >= 11 is 1.60. The van der Waals surface area contributed by atoms with Gasteiger partial charge in [-0.2, -0.15) is 5.10 Å². The molecule has 0 aromatic carbocycles. The van der Waals surface area contributed by atoms with Gasteiger partial charge in [-0.15, -0.1) is 11.3 Å². The lowest BCUT2D eigenvalue weighted by Crippen LogP contribution is -1.99. The third-order valence-electron chi connectivity index (χ3n) is 2.20. The number of aromatic nitrogens is 3. The quantitative estimate of drug-likeness (QED) is 0.867. The molecule has 2 N–H and O–H groups in total. The molecule has 2 rings (SSSR count). The van der Waals surface area contributed by atoms with Crippen LogP contribution in [0.15, 0.2) is 12.4 Å². The molecule has 0 bridgehead atoms. The summed E-state index contributed by atoms with van der Waals surface area (Å²) in [5, 5.41) is 5.07. The molecule has 0 atom stereocenters. The molecule has 2 aromatic rings. The molecule has 2 aromatic heterocycles. The summed E-state index contributed by atoms with van der Waals surface area (Å²) in [5.74, 6) is 0. The van der Waals surface area contributed by atoms with Gasteiger partial charge in [-0.3, -0.25) is 4.68 Å². The largest absolute Gasteiger partial charge is 0.378 e. The van der Waals surface area contributed by atoms with Gasteiger partial charge in [-0.25, -0.2) is 4.98 Å². The van der Waals surface area contributed by atoms with E-state index in [1.807, 2.05) is 13.2 Å². The van der Waals surface area contributed by atoms with Gasteiger partial charge in [0.05, 0.1) is 18.5 Å². The highest BCUT2D eigenvalue weighted by atomic mass is 32.1. The summed E-state index contributed by atoms with van der Waals surface area (Å²) in [6.45, 7) is 1.000. The fourth-order valence-corrected chi connectivity index (χ4v) is 2.37. The van der Waals surface area contributed by atoms with E-state index in [4.69, 9.17) is 10.5 Å². The number of rotatable bonds is 4. The number of hydrogen-bond donors (Lipinski definition) is 1. The molecule has 86 valence electrons. The fraction of sp³-hybridized carbons (Fsp3) is 0.400. The van der Waals surface area contributed by atoms with Crippen molar-refractivity contribution >= 4 is 11.3 Å². The van der Waals surface area contributed by atoms with Crippen molar-refractivity contribution in [3.05, 3.63) is 23.0 Å². The smallest absolute Gasteiger partial charge is 0.127 e. The van der Waals surface area contributed by atoms with Crippen LogP contribution in [0.4, 0.5) is 0 Å². The first-order valence-corrected chi connectivity index (χ1v) is 5.73. The Labute approximate surface area is 97.9 Å². The van der Waals surface area contributed by atoms with E-state index in [1.54, 1.807) is 29.3 Å². The lowest BCUT2D eigenvalue weighted by Gasteiger charge is -1.95. The van der Waals surface area contributed by atoms with E-state index < -0.39 is 0 Å². The molecule has 0 fully saturated rings. The standard InChI is InChI=1S/C10H14N4OS/c1-14-5-7(4-12-14)10-13-8(6-15-2)9(3-11)16-10/h4-5H,3,6,11H2,1-2H3. The minimum Gasteiger partial charge on any atom is -0.378 e. The van der Waals surface area contributed by atoms with Gasteiger partial charge in [0.1, 0.15) is 5.01 Å². The Morgan fingerprint density at radius 2 is 2.38 bits per heavy atom. The lowest BCUT2D eigenvalue weighted by molar-refractivity contribution is 0.181. The molecule has 16 heavy (non-hydrogen) atoms. The minimum absolute atomic E-state index is 0.497. The zero-order valence-electron chi connectivity index (χ0n) is 9.30. The zero-order chi connectivity index (χ0) is 11.5. The summed E-state index contributed by atoms with van der Waals surface area (Å²) in [7, 11) is 3.54. The van der Waals surface area contributed by atoms with E-state index in [1.165, 1.54) is 0 Å². The molecule has 5 nitrogen and oxygen atoms in total. The Hall–Kier alpha value is -1.24. The van der Waals surface area contributed by atoms with Crippen molar-refractivity contribution in [2.75, 3.05) is 7.11 Å². The molecule has 0 saturated carbocycles.